The molecule has 0 aromatic carbocycles. The minimum atomic E-state index is 0.268. The molecule has 1 rings (SSSR count). The van der Waals surface area contributed by atoms with Crippen LogP contribution in [0.5, 0.6) is 0 Å². The number of hydrogen-bond donors (Lipinski definition) is 2. The average Bonchev–Trinajstić information content (AvgIpc) is 2.17. The molecular weight excluding hydrogens is 182 g/mol. The Labute approximate surface area is 85.5 Å². The monoisotopic (exact) mass is 203 g/mol. The summed E-state index contributed by atoms with van der Waals surface area (Å²) in [6.45, 7) is 4.67. The van der Waals surface area contributed by atoms with Gasteiger partial charge in [0.25, 0.3) is 0 Å². The van der Waals surface area contributed by atoms with Crippen molar-refractivity contribution >= 4 is 11.8 Å². The maximum absolute atomic E-state index is 9.07. The summed E-state index contributed by atoms with van der Waals surface area (Å²) in [5.41, 5.74) is 0. The van der Waals surface area contributed by atoms with Gasteiger partial charge in [-0.1, -0.05) is 13.8 Å². The molecule has 78 valence electrons. The minimum Gasteiger partial charge on any atom is -0.395 e. The third kappa shape index (κ3) is 3.49. The Bertz CT molecular complexity index is 139. The van der Waals surface area contributed by atoms with Gasteiger partial charge < -0.3 is 10.4 Å². The van der Waals surface area contributed by atoms with Crippen LogP contribution >= 0.6 is 11.8 Å². The molecule has 3 heteroatoms. The Morgan fingerprint density at radius 3 is 2.92 bits per heavy atom. The number of hydrogen-bond acceptors (Lipinski definition) is 3. The number of rotatable bonds is 4. The van der Waals surface area contributed by atoms with Crippen molar-refractivity contribution in [2.45, 2.75) is 50.4 Å². The molecular formula is C10H21NOS. The van der Waals surface area contributed by atoms with Crippen molar-refractivity contribution in [2.24, 2.45) is 0 Å². The predicted octanol–water partition coefficient (Wildman–Crippen LogP) is 1.63. The first-order chi connectivity index (χ1) is 6.27. The fourth-order valence-electron chi connectivity index (χ4n) is 1.74. The zero-order chi connectivity index (χ0) is 9.68. The average molecular weight is 203 g/mol. The Morgan fingerprint density at radius 2 is 2.38 bits per heavy atom. The van der Waals surface area contributed by atoms with Crippen LogP contribution in [0.2, 0.25) is 0 Å². The second-order valence-corrected chi connectivity index (χ2v) is 5.26. The molecule has 2 N–H and O–H groups in total. The predicted molar refractivity (Wildman–Crippen MR) is 59.2 cm³/mol. The van der Waals surface area contributed by atoms with Gasteiger partial charge in [-0.2, -0.15) is 11.8 Å². The summed E-state index contributed by atoms with van der Waals surface area (Å²) >= 11 is 2.04. The van der Waals surface area contributed by atoms with Gasteiger partial charge in [0.2, 0.25) is 0 Å². The van der Waals surface area contributed by atoms with E-state index in [1.54, 1.807) is 0 Å². The third-order valence-corrected chi connectivity index (χ3v) is 4.15. The van der Waals surface area contributed by atoms with Gasteiger partial charge >= 0.3 is 0 Å². The lowest BCUT2D eigenvalue weighted by molar-refractivity contribution is 0.224. The smallest absolute Gasteiger partial charge is 0.0584 e. The molecule has 2 unspecified atom stereocenters. The number of aliphatic hydroxyl groups excluding tert-OH is 1. The van der Waals surface area contributed by atoms with Crippen LogP contribution in [0, 0.1) is 0 Å². The highest BCUT2D eigenvalue weighted by atomic mass is 32.2. The Balaban J connectivity index is 2.32. The number of aliphatic hydroxyl groups is 1. The van der Waals surface area contributed by atoms with E-state index in [0.29, 0.717) is 17.3 Å². The summed E-state index contributed by atoms with van der Waals surface area (Å²) in [6, 6.07) is 0.905. The zero-order valence-corrected chi connectivity index (χ0v) is 9.44. The molecule has 0 bridgehead atoms. The van der Waals surface area contributed by atoms with Crippen molar-refractivity contribution in [2.75, 3.05) is 12.4 Å². The van der Waals surface area contributed by atoms with Crippen LogP contribution in [0.4, 0.5) is 0 Å². The molecule has 0 aliphatic carbocycles. The summed E-state index contributed by atoms with van der Waals surface area (Å²) in [6.07, 6.45) is 3.60. The summed E-state index contributed by atoms with van der Waals surface area (Å²) in [4.78, 5) is 0. The molecule has 1 saturated heterocycles. The van der Waals surface area contributed by atoms with Crippen LogP contribution in [-0.4, -0.2) is 34.8 Å². The molecule has 3 atom stereocenters. The number of nitrogens with one attached hydrogen (secondary N) is 1. The molecule has 13 heavy (non-hydrogen) atoms. The van der Waals surface area contributed by atoms with Crippen LogP contribution < -0.4 is 5.32 Å². The third-order valence-electron chi connectivity index (χ3n) is 2.77. The van der Waals surface area contributed by atoms with Crippen LogP contribution in [0.25, 0.3) is 0 Å². The van der Waals surface area contributed by atoms with Crippen molar-refractivity contribution in [3.05, 3.63) is 0 Å². The second kappa shape index (κ2) is 5.89. The topological polar surface area (TPSA) is 32.3 Å². The SMILES string of the molecule is CC[C@@H](CO)NC1CCCSC1C. The van der Waals surface area contributed by atoms with E-state index in [1.807, 2.05) is 11.8 Å². The van der Waals surface area contributed by atoms with E-state index in [-0.39, 0.29) is 6.61 Å². The summed E-state index contributed by atoms with van der Waals surface area (Å²) in [5.74, 6) is 1.30. The summed E-state index contributed by atoms with van der Waals surface area (Å²) in [7, 11) is 0. The highest BCUT2D eigenvalue weighted by Crippen LogP contribution is 2.25. The summed E-state index contributed by atoms with van der Waals surface area (Å²) < 4.78 is 0. The van der Waals surface area contributed by atoms with Crippen molar-refractivity contribution < 1.29 is 5.11 Å². The molecule has 1 heterocycles. The molecule has 0 aromatic heterocycles. The molecule has 1 aliphatic heterocycles. The van der Waals surface area contributed by atoms with Gasteiger partial charge in [-0.3, -0.25) is 0 Å². The molecule has 2 nitrogen and oxygen atoms in total. The van der Waals surface area contributed by atoms with Crippen molar-refractivity contribution in [3.8, 4) is 0 Å². The molecule has 0 amide bonds. The van der Waals surface area contributed by atoms with Crippen LogP contribution in [0.15, 0.2) is 0 Å². The molecule has 0 saturated carbocycles. The van der Waals surface area contributed by atoms with Gasteiger partial charge in [0.15, 0.2) is 0 Å². The zero-order valence-electron chi connectivity index (χ0n) is 8.62. The summed E-state index contributed by atoms with van der Waals surface area (Å²) in [5, 5.41) is 13.3. The fourth-order valence-corrected chi connectivity index (χ4v) is 2.90. The normalized spacial score (nSPS) is 31.6. The molecule has 0 aromatic rings. The lowest BCUT2D eigenvalue weighted by Gasteiger charge is -2.32. The van der Waals surface area contributed by atoms with Crippen molar-refractivity contribution in [1.29, 1.82) is 0 Å². The van der Waals surface area contributed by atoms with E-state index < -0.39 is 0 Å². The van der Waals surface area contributed by atoms with Gasteiger partial charge in [-0.25, -0.2) is 0 Å². The van der Waals surface area contributed by atoms with Crippen molar-refractivity contribution in [3.63, 3.8) is 0 Å². The fraction of sp³-hybridized carbons (Fsp3) is 1.00. The Kier molecular flexibility index (Phi) is 5.14. The lowest BCUT2D eigenvalue weighted by Crippen LogP contribution is -2.46. The molecule has 0 spiro atoms. The van der Waals surface area contributed by atoms with Crippen LogP contribution in [0.1, 0.15) is 33.1 Å². The van der Waals surface area contributed by atoms with Gasteiger partial charge in [0, 0.05) is 17.3 Å². The van der Waals surface area contributed by atoms with Crippen molar-refractivity contribution in [1.82, 2.24) is 5.32 Å². The van der Waals surface area contributed by atoms with Gasteiger partial charge in [0.1, 0.15) is 0 Å². The lowest BCUT2D eigenvalue weighted by atomic mass is 10.1. The van der Waals surface area contributed by atoms with Gasteiger partial charge in [-0.15, -0.1) is 0 Å². The quantitative estimate of drug-likeness (QED) is 0.728. The number of thioether (sulfide) groups is 1. The van der Waals surface area contributed by atoms with E-state index in [0.717, 1.165) is 6.42 Å². The van der Waals surface area contributed by atoms with Crippen LogP contribution in [0.3, 0.4) is 0 Å². The second-order valence-electron chi connectivity index (χ2n) is 3.78. The highest BCUT2D eigenvalue weighted by Gasteiger charge is 2.23. The van der Waals surface area contributed by atoms with E-state index in [1.165, 1.54) is 18.6 Å². The maximum atomic E-state index is 9.07. The maximum Gasteiger partial charge on any atom is 0.0584 e. The largest absolute Gasteiger partial charge is 0.395 e. The highest BCUT2D eigenvalue weighted by molar-refractivity contribution is 7.99. The Hall–Kier alpha value is 0.270. The van der Waals surface area contributed by atoms with E-state index in [4.69, 9.17) is 5.11 Å². The van der Waals surface area contributed by atoms with E-state index in [9.17, 15) is 0 Å². The minimum absolute atomic E-state index is 0.268. The van der Waals surface area contributed by atoms with Gasteiger partial charge in [-0.05, 0) is 25.0 Å². The van der Waals surface area contributed by atoms with E-state index >= 15 is 0 Å². The molecule has 1 fully saturated rings. The van der Waals surface area contributed by atoms with Gasteiger partial charge in [0.05, 0.1) is 6.61 Å². The Morgan fingerprint density at radius 1 is 1.62 bits per heavy atom. The standard InChI is InChI=1S/C10H21NOS/c1-3-9(7-12)11-10-5-4-6-13-8(10)2/h8-12H,3-7H2,1-2H3/t8?,9-,10?/m0/s1. The first kappa shape index (κ1) is 11.3. The van der Waals surface area contributed by atoms with Crippen LogP contribution in [-0.2, 0) is 0 Å². The molecule has 0 radical (unpaired) electrons. The molecule has 1 aliphatic rings. The first-order valence-electron chi connectivity index (χ1n) is 5.26. The van der Waals surface area contributed by atoms with E-state index in [2.05, 4.69) is 19.2 Å². The first-order valence-corrected chi connectivity index (χ1v) is 6.31.